The molecule has 0 radical (unpaired) electrons. The van der Waals surface area contributed by atoms with Crippen molar-refractivity contribution in [3.63, 3.8) is 0 Å². The maximum Gasteiger partial charge on any atom is 0.291 e. The van der Waals surface area contributed by atoms with E-state index in [9.17, 15) is 4.79 Å². The molecule has 5 aromatic rings. The molecule has 13 heteroatoms. The summed E-state index contributed by atoms with van der Waals surface area (Å²) in [7, 11) is 1.55. The highest BCUT2D eigenvalue weighted by molar-refractivity contribution is 6.31. The molecule has 0 unspecified atom stereocenters. The Labute approximate surface area is 240 Å². The molecular formula is C28H26ClN9O3. The Kier molecular flexibility index (Phi) is 8.91. The predicted molar refractivity (Wildman–Crippen MR) is 154 cm³/mol. The number of rotatable bonds is 12. The number of ether oxygens (including phenoxy) is 2. The number of amides is 1. The molecule has 0 spiro atoms. The van der Waals surface area contributed by atoms with E-state index < -0.39 is 5.91 Å². The molecule has 3 aromatic heterocycles. The lowest BCUT2D eigenvalue weighted by atomic mass is 10.2. The van der Waals surface area contributed by atoms with E-state index in [4.69, 9.17) is 21.1 Å². The van der Waals surface area contributed by atoms with Gasteiger partial charge in [-0.15, -0.1) is 5.10 Å². The van der Waals surface area contributed by atoms with Crippen molar-refractivity contribution in [3.8, 4) is 11.5 Å². The SMILES string of the molecule is COc1cc(/C=N/NC(=O)c2cnccn2)ccc1OCc1cn(CCCNc2ccnc3cc(Cl)ccc23)nn1. The van der Waals surface area contributed by atoms with Crippen molar-refractivity contribution in [2.24, 2.45) is 5.10 Å². The number of nitrogens with zero attached hydrogens (tertiary/aromatic N) is 7. The van der Waals surface area contributed by atoms with Gasteiger partial charge in [-0.2, -0.15) is 5.10 Å². The molecule has 0 aliphatic carbocycles. The maximum absolute atomic E-state index is 12.0. The van der Waals surface area contributed by atoms with Crippen LogP contribution in [0.25, 0.3) is 10.9 Å². The molecule has 0 saturated heterocycles. The van der Waals surface area contributed by atoms with Gasteiger partial charge >= 0.3 is 0 Å². The van der Waals surface area contributed by atoms with Crippen molar-refractivity contribution in [2.75, 3.05) is 19.0 Å². The number of anilines is 1. The zero-order valence-electron chi connectivity index (χ0n) is 22.1. The minimum absolute atomic E-state index is 0.171. The molecule has 0 fully saturated rings. The van der Waals surface area contributed by atoms with E-state index in [1.807, 2.05) is 30.5 Å². The van der Waals surface area contributed by atoms with Crippen molar-refractivity contribution in [1.82, 2.24) is 35.4 Å². The first-order valence-electron chi connectivity index (χ1n) is 12.7. The number of halogens is 1. The Bertz CT molecular complexity index is 1660. The number of hydrogen-bond acceptors (Lipinski definition) is 10. The van der Waals surface area contributed by atoms with Gasteiger partial charge in [-0.05, 0) is 54.4 Å². The minimum Gasteiger partial charge on any atom is -0.493 e. The Hall–Kier alpha value is -5.10. The van der Waals surface area contributed by atoms with Crippen LogP contribution in [-0.4, -0.2) is 55.7 Å². The molecule has 5 rings (SSSR count). The van der Waals surface area contributed by atoms with Gasteiger partial charge in [-0.25, -0.2) is 10.4 Å². The Morgan fingerprint density at radius 1 is 1.10 bits per heavy atom. The zero-order chi connectivity index (χ0) is 28.4. The summed E-state index contributed by atoms with van der Waals surface area (Å²) < 4.78 is 13.2. The summed E-state index contributed by atoms with van der Waals surface area (Å²) in [6.45, 7) is 1.67. The Balaban J connectivity index is 1.09. The second kappa shape index (κ2) is 13.3. The number of aromatic nitrogens is 6. The van der Waals surface area contributed by atoms with Gasteiger partial charge in [-0.3, -0.25) is 19.4 Å². The second-order valence-electron chi connectivity index (χ2n) is 8.76. The lowest BCUT2D eigenvalue weighted by molar-refractivity contribution is 0.0949. The largest absolute Gasteiger partial charge is 0.493 e. The highest BCUT2D eigenvalue weighted by Gasteiger charge is 2.09. The van der Waals surface area contributed by atoms with E-state index in [0.717, 1.165) is 29.6 Å². The fourth-order valence-corrected chi connectivity index (χ4v) is 4.09. The van der Waals surface area contributed by atoms with E-state index in [1.165, 1.54) is 24.8 Å². The molecule has 12 nitrogen and oxygen atoms in total. The Morgan fingerprint density at radius 2 is 2.02 bits per heavy atom. The first-order valence-corrected chi connectivity index (χ1v) is 13.0. The normalized spacial score (nSPS) is 11.1. The third-order valence-electron chi connectivity index (χ3n) is 5.91. The van der Waals surface area contributed by atoms with Crippen LogP contribution in [0.2, 0.25) is 5.02 Å². The number of hydrogen-bond donors (Lipinski definition) is 2. The smallest absolute Gasteiger partial charge is 0.291 e. The van der Waals surface area contributed by atoms with Gasteiger partial charge in [0.2, 0.25) is 0 Å². The maximum atomic E-state index is 12.0. The molecule has 0 aliphatic heterocycles. The number of methoxy groups -OCH3 is 1. The fraction of sp³-hybridized carbons (Fsp3) is 0.179. The number of carbonyl (C=O) groups excluding carboxylic acids is 1. The topological polar surface area (TPSA) is 141 Å². The third-order valence-corrected chi connectivity index (χ3v) is 6.14. The van der Waals surface area contributed by atoms with Gasteiger partial charge in [0.05, 0.1) is 31.2 Å². The highest BCUT2D eigenvalue weighted by atomic mass is 35.5. The van der Waals surface area contributed by atoms with Crippen LogP contribution >= 0.6 is 11.6 Å². The average molecular weight is 572 g/mol. The lowest BCUT2D eigenvalue weighted by Gasteiger charge is -2.10. The summed E-state index contributed by atoms with van der Waals surface area (Å²) in [5.74, 6) is 0.593. The molecule has 0 aliphatic rings. The van der Waals surface area contributed by atoms with Gasteiger partial charge in [-0.1, -0.05) is 16.8 Å². The molecule has 0 atom stereocenters. The fourth-order valence-electron chi connectivity index (χ4n) is 3.93. The van der Waals surface area contributed by atoms with Crippen LogP contribution in [0.5, 0.6) is 11.5 Å². The molecular weight excluding hydrogens is 546 g/mol. The molecule has 3 heterocycles. The van der Waals surface area contributed by atoms with Crippen LogP contribution in [0.4, 0.5) is 5.69 Å². The van der Waals surface area contributed by atoms with Gasteiger partial charge in [0.1, 0.15) is 18.0 Å². The lowest BCUT2D eigenvalue weighted by Crippen LogP contribution is -2.19. The minimum atomic E-state index is -0.460. The first-order chi connectivity index (χ1) is 20.1. The van der Waals surface area contributed by atoms with Crippen molar-refractivity contribution < 1.29 is 14.3 Å². The van der Waals surface area contributed by atoms with Crippen molar-refractivity contribution in [3.05, 3.63) is 95.4 Å². The number of aryl methyl sites for hydroxylation is 1. The van der Waals surface area contributed by atoms with Crippen LogP contribution in [0, 0.1) is 0 Å². The Morgan fingerprint density at radius 3 is 2.88 bits per heavy atom. The zero-order valence-corrected chi connectivity index (χ0v) is 22.8. The van der Waals surface area contributed by atoms with Crippen LogP contribution in [0.1, 0.15) is 28.2 Å². The van der Waals surface area contributed by atoms with E-state index in [2.05, 4.69) is 41.1 Å². The molecule has 41 heavy (non-hydrogen) atoms. The summed E-state index contributed by atoms with van der Waals surface area (Å²) in [4.78, 5) is 24.2. The van der Waals surface area contributed by atoms with Crippen molar-refractivity contribution in [1.29, 1.82) is 0 Å². The molecule has 1 amide bonds. The van der Waals surface area contributed by atoms with Gasteiger partial charge in [0.15, 0.2) is 11.5 Å². The van der Waals surface area contributed by atoms with Crippen LogP contribution in [-0.2, 0) is 13.2 Å². The monoisotopic (exact) mass is 571 g/mol. The van der Waals surface area contributed by atoms with Crippen LogP contribution in [0.3, 0.4) is 0 Å². The van der Waals surface area contributed by atoms with E-state index in [0.29, 0.717) is 34.3 Å². The summed E-state index contributed by atoms with van der Waals surface area (Å²) in [5.41, 5.74) is 5.84. The number of benzene rings is 2. The molecule has 0 bridgehead atoms. The summed E-state index contributed by atoms with van der Waals surface area (Å²) in [6, 6.07) is 12.9. The molecule has 208 valence electrons. The summed E-state index contributed by atoms with van der Waals surface area (Å²) in [6.07, 6.45) is 10.2. The van der Waals surface area contributed by atoms with Crippen molar-refractivity contribution >= 4 is 40.3 Å². The van der Waals surface area contributed by atoms with Gasteiger partial charge in [0.25, 0.3) is 5.91 Å². The number of pyridine rings is 1. The number of nitrogens with one attached hydrogen (secondary N) is 2. The van der Waals surface area contributed by atoms with Crippen LogP contribution in [0.15, 0.2) is 78.6 Å². The average Bonchev–Trinajstić information content (AvgIpc) is 3.46. The predicted octanol–water partition coefficient (Wildman–Crippen LogP) is 4.12. The summed E-state index contributed by atoms with van der Waals surface area (Å²) in [5, 5.41) is 17.5. The molecule has 2 N–H and O–H groups in total. The number of hydrazone groups is 1. The highest BCUT2D eigenvalue weighted by Crippen LogP contribution is 2.28. The first kappa shape index (κ1) is 27.5. The van der Waals surface area contributed by atoms with Crippen molar-refractivity contribution in [2.45, 2.75) is 19.6 Å². The number of fused-ring (bicyclic) bond motifs is 1. The molecule has 2 aromatic carbocycles. The number of carbonyl (C=O) groups is 1. The second-order valence-corrected chi connectivity index (χ2v) is 9.20. The standard InChI is InChI=1S/C28H26ClN9O3/c1-40-27-13-19(15-34-36-28(39)25-16-30-10-11-33-25)3-6-26(27)41-18-21-17-38(37-35-21)12-2-8-31-23-7-9-32-24-14-20(29)4-5-22(23)24/h3-7,9-11,13-17H,2,8,12,18H2,1H3,(H,31,32)(H,36,39)/b34-15+. The third kappa shape index (κ3) is 7.31. The van der Waals surface area contributed by atoms with Crippen LogP contribution < -0.4 is 20.2 Å². The van der Waals surface area contributed by atoms with E-state index >= 15 is 0 Å². The van der Waals surface area contributed by atoms with Gasteiger partial charge < -0.3 is 14.8 Å². The van der Waals surface area contributed by atoms with E-state index in [-0.39, 0.29) is 12.3 Å². The molecule has 0 saturated carbocycles. The van der Waals surface area contributed by atoms with E-state index in [1.54, 1.807) is 36.2 Å². The quantitative estimate of drug-likeness (QED) is 0.128. The summed E-state index contributed by atoms with van der Waals surface area (Å²) >= 11 is 6.08. The van der Waals surface area contributed by atoms with Gasteiger partial charge in [0, 0.05) is 47.8 Å².